The molecule has 0 amide bonds. The van der Waals surface area contributed by atoms with Gasteiger partial charge in [0.25, 0.3) is 0 Å². The van der Waals surface area contributed by atoms with Crippen molar-refractivity contribution in [2.24, 2.45) is 10.2 Å². The standard InChI is InChI=1S/C15H11FN4OS/c16-10-6-2-4-8-12(10)18-15(22)20-19-13-9-5-1-3-7-11(9)17-14(13)21/h1-8,17,21H,(H,18,22). The van der Waals surface area contributed by atoms with Crippen LogP contribution in [0.15, 0.2) is 58.8 Å². The highest BCUT2D eigenvalue weighted by Crippen LogP contribution is 2.35. The summed E-state index contributed by atoms with van der Waals surface area (Å²) in [6.07, 6.45) is 0. The predicted octanol–water partition coefficient (Wildman–Crippen LogP) is 4.49. The van der Waals surface area contributed by atoms with Crippen LogP contribution in [0.4, 0.5) is 15.8 Å². The highest BCUT2D eigenvalue weighted by atomic mass is 32.1. The Morgan fingerprint density at radius 2 is 1.86 bits per heavy atom. The number of nitrogens with zero attached hydrogens (tertiary/aromatic N) is 2. The first-order chi connectivity index (χ1) is 10.6. The Bertz CT molecular complexity index is 875. The van der Waals surface area contributed by atoms with Crippen molar-refractivity contribution >= 4 is 39.6 Å². The second-order valence-electron chi connectivity index (χ2n) is 4.48. The van der Waals surface area contributed by atoms with E-state index in [0.717, 1.165) is 10.9 Å². The van der Waals surface area contributed by atoms with E-state index >= 15 is 0 Å². The molecule has 0 atom stereocenters. The van der Waals surface area contributed by atoms with Gasteiger partial charge in [-0.3, -0.25) is 0 Å². The lowest BCUT2D eigenvalue weighted by Gasteiger charge is -2.03. The normalized spacial score (nSPS) is 11.1. The van der Waals surface area contributed by atoms with E-state index < -0.39 is 5.82 Å². The monoisotopic (exact) mass is 314 g/mol. The fourth-order valence-electron chi connectivity index (χ4n) is 2.01. The number of aromatic amines is 1. The van der Waals surface area contributed by atoms with E-state index in [0.29, 0.717) is 0 Å². The molecule has 2 aromatic carbocycles. The fourth-order valence-corrected chi connectivity index (χ4v) is 2.16. The highest BCUT2D eigenvalue weighted by molar-refractivity contribution is 7.80. The number of rotatable bonds is 2. The van der Waals surface area contributed by atoms with Crippen molar-refractivity contribution in [3.63, 3.8) is 0 Å². The van der Waals surface area contributed by atoms with Gasteiger partial charge in [-0.25, -0.2) is 4.39 Å². The Hall–Kier alpha value is -2.80. The third-order valence-electron chi connectivity index (χ3n) is 3.02. The van der Waals surface area contributed by atoms with Crippen LogP contribution in [0.25, 0.3) is 10.9 Å². The Balaban J connectivity index is 1.82. The molecule has 0 radical (unpaired) electrons. The first-order valence-electron chi connectivity index (χ1n) is 6.42. The lowest BCUT2D eigenvalue weighted by Crippen LogP contribution is -2.06. The minimum absolute atomic E-state index is 0.00483. The molecule has 0 bridgehead atoms. The number of halogens is 1. The molecular weight excluding hydrogens is 303 g/mol. The van der Waals surface area contributed by atoms with Gasteiger partial charge in [0, 0.05) is 5.39 Å². The van der Waals surface area contributed by atoms with E-state index in [1.807, 2.05) is 18.2 Å². The Morgan fingerprint density at radius 1 is 1.14 bits per heavy atom. The smallest absolute Gasteiger partial charge is 0.218 e. The lowest BCUT2D eigenvalue weighted by molar-refractivity contribution is 0.459. The predicted molar refractivity (Wildman–Crippen MR) is 87.1 cm³/mol. The molecule has 3 N–H and O–H groups in total. The maximum absolute atomic E-state index is 13.5. The van der Waals surface area contributed by atoms with E-state index in [9.17, 15) is 9.50 Å². The van der Waals surface area contributed by atoms with Gasteiger partial charge < -0.3 is 15.4 Å². The average molecular weight is 314 g/mol. The minimum Gasteiger partial charge on any atom is -0.493 e. The zero-order valence-electron chi connectivity index (χ0n) is 11.2. The number of anilines is 1. The van der Waals surface area contributed by atoms with Gasteiger partial charge >= 0.3 is 0 Å². The van der Waals surface area contributed by atoms with Crippen molar-refractivity contribution < 1.29 is 9.50 Å². The first kappa shape index (κ1) is 14.2. The maximum atomic E-state index is 13.5. The second-order valence-corrected chi connectivity index (χ2v) is 4.86. The van der Waals surface area contributed by atoms with Crippen LogP contribution in [-0.4, -0.2) is 15.2 Å². The van der Waals surface area contributed by atoms with E-state index in [1.54, 1.807) is 24.3 Å². The van der Waals surface area contributed by atoms with Gasteiger partial charge in [0.2, 0.25) is 11.0 Å². The molecule has 0 aliphatic rings. The summed E-state index contributed by atoms with van der Waals surface area (Å²) in [6.45, 7) is 0. The number of aromatic hydroxyl groups is 1. The van der Waals surface area contributed by atoms with Crippen molar-refractivity contribution in [3.05, 3.63) is 54.3 Å². The highest BCUT2D eigenvalue weighted by Gasteiger charge is 2.10. The Labute approximate surface area is 130 Å². The summed E-state index contributed by atoms with van der Waals surface area (Å²) >= 11 is 5.00. The van der Waals surface area contributed by atoms with Crippen molar-refractivity contribution in [1.29, 1.82) is 0 Å². The second kappa shape index (κ2) is 5.90. The summed E-state index contributed by atoms with van der Waals surface area (Å²) in [5.74, 6) is -0.534. The number of nitrogens with one attached hydrogen (secondary N) is 2. The molecule has 0 fully saturated rings. The van der Waals surface area contributed by atoms with Gasteiger partial charge in [-0.15, -0.1) is 10.2 Å². The molecule has 110 valence electrons. The van der Waals surface area contributed by atoms with Crippen molar-refractivity contribution in [1.82, 2.24) is 4.98 Å². The van der Waals surface area contributed by atoms with E-state index in [2.05, 4.69) is 20.5 Å². The van der Waals surface area contributed by atoms with Crippen LogP contribution in [0.1, 0.15) is 0 Å². The third kappa shape index (κ3) is 2.79. The Morgan fingerprint density at radius 3 is 2.68 bits per heavy atom. The number of aromatic nitrogens is 1. The van der Waals surface area contributed by atoms with Gasteiger partial charge in [0.1, 0.15) is 5.82 Å². The van der Waals surface area contributed by atoms with Crippen molar-refractivity contribution in [2.45, 2.75) is 0 Å². The van der Waals surface area contributed by atoms with Crippen LogP contribution in [0, 0.1) is 5.82 Å². The summed E-state index contributed by atoms with van der Waals surface area (Å²) in [5, 5.41) is 21.0. The summed E-state index contributed by atoms with van der Waals surface area (Å²) in [5.41, 5.74) is 1.24. The zero-order valence-corrected chi connectivity index (χ0v) is 12.1. The molecule has 0 aliphatic carbocycles. The quantitative estimate of drug-likeness (QED) is 0.482. The molecule has 0 saturated carbocycles. The molecule has 3 aromatic rings. The van der Waals surface area contributed by atoms with Crippen molar-refractivity contribution in [2.75, 3.05) is 5.32 Å². The number of thiocarbonyl (C=S) groups is 1. The zero-order chi connectivity index (χ0) is 15.5. The summed E-state index contributed by atoms with van der Waals surface area (Å²) in [6, 6.07) is 13.4. The third-order valence-corrected chi connectivity index (χ3v) is 3.20. The average Bonchev–Trinajstić information content (AvgIpc) is 2.83. The van der Waals surface area contributed by atoms with E-state index in [4.69, 9.17) is 12.2 Å². The molecule has 0 saturated heterocycles. The molecule has 0 aliphatic heterocycles. The largest absolute Gasteiger partial charge is 0.493 e. The summed E-state index contributed by atoms with van der Waals surface area (Å²) in [4.78, 5) is 2.79. The Kier molecular flexibility index (Phi) is 3.80. The molecular formula is C15H11FN4OS. The topological polar surface area (TPSA) is 72.8 Å². The van der Waals surface area contributed by atoms with E-state index in [1.165, 1.54) is 6.07 Å². The molecule has 0 spiro atoms. The number of benzene rings is 2. The number of H-pyrrole nitrogens is 1. The minimum atomic E-state index is -0.435. The van der Waals surface area contributed by atoms with Gasteiger partial charge in [-0.05, 0) is 30.4 Å². The van der Waals surface area contributed by atoms with Gasteiger partial charge in [0.05, 0.1) is 11.2 Å². The lowest BCUT2D eigenvalue weighted by atomic mass is 10.2. The first-order valence-corrected chi connectivity index (χ1v) is 6.83. The molecule has 1 heterocycles. The van der Waals surface area contributed by atoms with Crippen LogP contribution < -0.4 is 5.32 Å². The molecule has 7 heteroatoms. The molecule has 5 nitrogen and oxygen atoms in total. The number of azo groups is 1. The van der Waals surface area contributed by atoms with Crippen LogP contribution in [0.2, 0.25) is 0 Å². The molecule has 1 aromatic heterocycles. The van der Waals surface area contributed by atoms with Crippen molar-refractivity contribution in [3.8, 4) is 5.88 Å². The summed E-state index contributed by atoms with van der Waals surface area (Å²) in [7, 11) is 0. The number of hydrogen-bond donors (Lipinski definition) is 3. The van der Waals surface area contributed by atoms with Gasteiger partial charge in [-0.1, -0.05) is 30.3 Å². The fraction of sp³-hybridized carbons (Fsp3) is 0. The number of fused-ring (bicyclic) bond motifs is 1. The van der Waals surface area contributed by atoms with Gasteiger partial charge in [0.15, 0.2) is 5.69 Å². The molecule has 0 unspecified atom stereocenters. The summed E-state index contributed by atoms with van der Waals surface area (Å²) < 4.78 is 13.5. The molecule has 3 rings (SSSR count). The maximum Gasteiger partial charge on any atom is 0.218 e. The SMILES string of the molecule is Oc1[nH]c2ccccc2c1N=NC(=S)Nc1ccccc1F. The van der Waals surface area contributed by atoms with Crippen LogP contribution in [0.3, 0.4) is 0 Å². The van der Waals surface area contributed by atoms with E-state index in [-0.39, 0.29) is 22.4 Å². The number of para-hydroxylation sites is 2. The van der Waals surface area contributed by atoms with Crippen LogP contribution in [-0.2, 0) is 0 Å². The van der Waals surface area contributed by atoms with Crippen LogP contribution in [0.5, 0.6) is 5.88 Å². The van der Waals surface area contributed by atoms with Crippen LogP contribution >= 0.6 is 12.2 Å². The molecule has 22 heavy (non-hydrogen) atoms. The van der Waals surface area contributed by atoms with Gasteiger partial charge in [-0.2, -0.15) is 0 Å². The number of hydrogen-bond acceptors (Lipinski definition) is 3.